The van der Waals surface area contributed by atoms with E-state index >= 15 is 0 Å². The van der Waals surface area contributed by atoms with Gasteiger partial charge in [0.05, 0.1) is 12.7 Å². The van der Waals surface area contributed by atoms with E-state index in [0.29, 0.717) is 32.7 Å². The van der Waals surface area contributed by atoms with Crippen molar-refractivity contribution in [2.24, 2.45) is 0 Å². The summed E-state index contributed by atoms with van der Waals surface area (Å²) >= 11 is 0. The molecule has 1 fully saturated rings. The van der Waals surface area contributed by atoms with E-state index in [0.717, 1.165) is 0 Å². The smallest absolute Gasteiger partial charge is 0.407 e. The highest BCUT2D eigenvalue weighted by Gasteiger charge is 2.22. The van der Waals surface area contributed by atoms with Crippen LogP contribution in [0.15, 0.2) is 0 Å². The number of rotatable bonds is 3. The first-order valence-electron chi connectivity index (χ1n) is 6.62. The van der Waals surface area contributed by atoms with E-state index < -0.39 is 11.7 Å². The molecule has 0 aliphatic carbocycles. The Bertz CT molecular complexity index is 325. The Morgan fingerprint density at radius 3 is 2.68 bits per heavy atom. The van der Waals surface area contributed by atoms with Crippen LogP contribution in [0.2, 0.25) is 0 Å². The maximum atomic E-state index is 11.4. The molecule has 0 bridgehead atoms. The number of ether oxygens (including phenoxy) is 2. The molecule has 0 aromatic rings. The molecule has 1 saturated heterocycles. The molecule has 1 rings (SSSR count). The Hall–Kier alpha value is -1.30. The second-order valence-electron chi connectivity index (χ2n) is 5.68. The Labute approximate surface area is 114 Å². The third kappa shape index (κ3) is 6.42. The van der Waals surface area contributed by atoms with Gasteiger partial charge in [0.1, 0.15) is 5.60 Å². The van der Waals surface area contributed by atoms with Crippen molar-refractivity contribution < 1.29 is 19.1 Å². The van der Waals surface area contributed by atoms with Crippen LogP contribution in [0.1, 0.15) is 34.1 Å². The van der Waals surface area contributed by atoms with Gasteiger partial charge < -0.3 is 19.7 Å². The van der Waals surface area contributed by atoms with Gasteiger partial charge in [-0.05, 0) is 27.2 Å². The lowest BCUT2D eigenvalue weighted by Crippen LogP contribution is -2.45. The van der Waals surface area contributed by atoms with Gasteiger partial charge in [-0.25, -0.2) is 4.79 Å². The summed E-state index contributed by atoms with van der Waals surface area (Å²) < 4.78 is 10.7. The molecule has 1 heterocycles. The van der Waals surface area contributed by atoms with Crippen molar-refractivity contribution in [1.29, 1.82) is 0 Å². The zero-order valence-electron chi connectivity index (χ0n) is 12.2. The number of alkyl carbamates (subject to hydrolysis) is 1. The second kappa shape index (κ2) is 6.75. The molecule has 110 valence electrons. The summed E-state index contributed by atoms with van der Waals surface area (Å²) in [4.78, 5) is 24.5. The third-order valence-electron chi connectivity index (χ3n) is 2.72. The lowest BCUT2D eigenvalue weighted by molar-refractivity contribution is -0.136. The largest absolute Gasteiger partial charge is 0.444 e. The molecule has 6 heteroatoms. The van der Waals surface area contributed by atoms with Crippen molar-refractivity contribution in [2.75, 3.05) is 26.2 Å². The molecule has 0 aromatic carbocycles. The number of hydrogen-bond donors (Lipinski definition) is 1. The summed E-state index contributed by atoms with van der Waals surface area (Å²) in [6.45, 7) is 9.28. The van der Waals surface area contributed by atoms with Gasteiger partial charge in [-0.3, -0.25) is 4.79 Å². The monoisotopic (exact) mass is 272 g/mol. The minimum Gasteiger partial charge on any atom is -0.444 e. The molecule has 19 heavy (non-hydrogen) atoms. The fourth-order valence-corrected chi connectivity index (χ4v) is 1.83. The fraction of sp³-hybridized carbons (Fsp3) is 0.846. The Balaban J connectivity index is 2.22. The normalized spacial score (nSPS) is 20.0. The van der Waals surface area contributed by atoms with Gasteiger partial charge in [-0.15, -0.1) is 0 Å². The molecule has 0 spiro atoms. The van der Waals surface area contributed by atoms with E-state index in [4.69, 9.17) is 9.47 Å². The van der Waals surface area contributed by atoms with E-state index in [9.17, 15) is 9.59 Å². The molecule has 0 radical (unpaired) electrons. The lowest BCUT2D eigenvalue weighted by Gasteiger charge is -2.32. The van der Waals surface area contributed by atoms with Crippen molar-refractivity contribution in [1.82, 2.24) is 10.2 Å². The van der Waals surface area contributed by atoms with Crippen LogP contribution in [-0.4, -0.2) is 54.8 Å². The zero-order valence-corrected chi connectivity index (χ0v) is 12.2. The van der Waals surface area contributed by atoms with Gasteiger partial charge in [-0.2, -0.15) is 0 Å². The Morgan fingerprint density at radius 2 is 2.11 bits per heavy atom. The van der Waals surface area contributed by atoms with E-state index in [1.54, 1.807) is 11.8 Å². The second-order valence-corrected chi connectivity index (χ2v) is 5.68. The highest BCUT2D eigenvalue weighted by atomic mass is 16.6. The van der Waals surface area contributed by atoms with E-state index in [-0.39, 0.29) is 12.0 Å². The molecule has 1 N–H and O–H groups in total. The minimum absolute atomic E-state index is 0.0208. The molecule has 1 aliphatic heterocycles. The average molecular weight is 272 g/mol. The number of morpholine rings is 1. The lowest BCUT2D eigenvalue weighted by atomic mass is 10.2. The maximum Gasteiger partial charge on any atom is 0.407 e. The quantitative estimate of drug-likeness (QED) is 0.837. The Morgan fingerprint density at radius 1 is 1.42 bits per heavy atom. The number of carbonyl (C=O) groups excluding carboxylic acids is 2. The number of hydrogen-bond acceptors (Lipinski definition) is 4. The van der Waals surface area contributed by atoms with Crippen LogP contribution in [-0.2, 0) is 14.3 Å². The number of nitrogens with zero attached hydrogens (tertiary/aromatic N) is 1. The van der Waals surface area contributed by atoms with Gasteiger partial charge in [-0.1, -0.05) is 0 Å². The molecule has 2 amide bonds. The first-order chi connectivity index (χ1) is 8.78. The summed E-state index contributed by atoms with van der Waals surface area (Å²) in [5, 5.41) is 2.69. The van der Waals surface area contributed by atoms with E-state index in [2.05, 4.69) is 5.32 Å². The molecule has 1 atom stereocenters. The first kappa shape index (κ1) is 15.8. The summed E-state index contributed by atoms with van der Waals surface area (Å²) in [6, 6.07) is 0. The van der Waals surface area contributed by atoms with Crippen LogP contribution in [0.25, 0.3) is 0 Å². The molecule has 1 aliphatic rings. The maximum absolute atomic E-state index is 11.4. The van der Waals surface area contributed by atoms with Crippen LogP contribution < -0.4 is 5.32 Å². The topological polar surface area (TPSA) is 67.9 Å². The highest BCUT2D eigenvalue weighted by molar-refractivity contribution is 5.73. The Kier molecular flexibility index (Phi) is 5.60. The molecule has 6 nitrogen and oxygen atoms in total. The van der Waals surface area contributed by atoms with Gasteiger partial charge in [0.2, 0.25) is 5.91 Å². The predicted octanol–water partition coefficient (Wildman–Crippen LogP) is 1.15. The van der Waals surface area contributed by atoms with Crippen molar-refractivity contribution in [2.45, 2.75) is 45.8 Å². The number of carbonyl (C=O) groups is 2. The minimum atomic E-state index is -0.489. The molecule has 0 aromatic heterocycles. The summed E-state index contributed by atoms with van der Waals surface area (Å²) in [7, 11) is 0. The molecular formula is C13H24N2O4. The van der Waals surface area contributed by atoms with Crippen molar-refractivity contribution in [3.8, 4) is 0 Å². The van der Waals surface area contributed by atoms with E-state index in [1.165, 1.54) is 0 Å². The summed E-state index contributed by atoms with van der Waals surface area (Å²) in [5.74, 6) is 0.0633. The highest BCUT2D eigenvalue weighted by Crippen LogP contribution is 2.09. The first-order valence-corrected chi connectivity index (χ1v) is 6.62. The van der Waals surface area contributed by atoms with E-state index in [1.807, 2.05) is 20.8 Å². The SMILES string of the molecule is CC(=O)N1CCOC(CCNC(=O)OC(C)(C)C)C1. The van der Waals surface area contributed by atoms with Crippen LogP contribution >= 0.6 is 0 Å². The van der Waals surface area contributed by atoms with Crippen molar-refractivity contribution in [3.05, 3.63) is 0 Å². The number of nitrogens with one attached hydrogen (secondary N) is 1. The zero-order chi connectivity index (χ0) is 14.5. The van der Waals surface area contributed by atoms with Crippen molar-refractivity contribution in [3.63, 3.8) is 0 Å². The summed E-state index contributed by atoms with van der Waals surface area (Å²) in [5.41, 5.74) is -0.489. The molecule has 1 unspecified atom stereocenters. The fourth-order valence-electron chi connectivity index (χ4n) is 1.83. The van der Waals surface area contributed by atoms with Crippen LogP contribution in [0, 0.1) is 0 Å². The van der Waals surface area contributed by atoms with Crippen LogP contribution in [0.5, 0.6) is 0 Å². The standard InChI is InChI=1S/C13H24N2O4/c1-10(16)15-7-8-18-11(9-15)5-6-14-12(17)19-13(2,3)4/h11H,5-9H2,1-4H3,(H,14,17). The van der Waals surface area contributed by atoms with Crippen LogP contribution in [0.3, 0.4) is 0 Å². The van der Waals surface area contributed by atoms with Gasteiger partial charge in [0.15, 0.2) is 0 Å². The van der Waals surface area contributed by atoms with Crippen molar-refractivity contribution >= 4 is 12.0 Å². The molecule has 0 saturated carbocycles. The summed E-state index contributed by atoms with van der Waals surface area (Å²) in [6.07, 6.45) is 0.225. The average Bonchev–Trinajstić information content (AvgIpc) is 2.27. The van der Waals surface area contributed by atoms with Gasteiger partial charge in [0.25, 0.3) is 0 Å². The predicted molar refractivity (Wildman–Crippen MR) is 70.8 cm³/mol. The van der Waals surface area contributed by atoms with Crippen LogP contribution in [0.4, 0.5) is 4.79 Å². The number of amides is 2. The third-order valence-corrected chi connectivity index (χ3v) is 2.72. The molecular weight excluding hydrogens is 248 g/mol. The van der Waals surface area contributed by atoms with Gasteiger partial charge in [0, 0.05) is 26.6 Å². The van der Waals surface area contributed by atoms with Gasteiger partial charge >= 0.3 is 6.09 Å².